The fourth-order valence-corrected chi connectivity index (χ4v) is 11.2. The van der Waals surface area contributed by atoms with Gasteiger partial charge in [0.1, 0.15) is 11.2 Å². The maximum Gasteiger partial charge on any atom is 0.344 e. The summed E-state index contributed by atoms with van der Waals surface area (Å²) in [7, 11) is 0. The van der Waals surface area contributed by atoms with Crippen LogP contribution in [-0.4, -0.2) is 26.2 Å². The maximum atomic E-state index is 13.6. The molecule has 0 atom stereocenters. The number of fused-ring (bicyclic) bond motifs is 6. The molecule has 0 aliphatic carbocycles. The fraction of sp³-hybridized carbons (Fsp3) is 0.121. The van der Waals surface area contributed by atoms with E-state index in [-0.39, 0.29) is 11.3 Å². The molecule has 0 fully saturated rings. The molecule has 0 saturated heterocycles. The largest absolute Gasteiger partial charge is 0.422 e. The van der Waals surface area contributed by atoms with E-state index in [0.717, 1.165) is 125 Å². The second kappa shape index (κ2) is 18.2. The van der Waals surface area contributed by atoms with Crippen molar-refractivity contribution < 1.29 is 8.83 Å². The summed E-state index contributed by atoms with van der Waals surface area (Å²) in [5.74, 6) is 0. The molecule has 2 aromatic heterocycles. The second-order valence-corrected chi connectivity index (χ2v) is 18.5. The average Bonchev–Trinajstić information content (AvgIpc) is 3.42. The van der Waals surface area contributed by atoms with E-state index in [0.29, 0.717) is 22.3 Å². The molecule has 2 heterocycles. The van der Waals surface area contributed by atoms with Crippen LogP contribution in [0.15, 0.2) is 213 Å². The molecule has 0 saturated carbocycles. The summed E-state index contributed by atoms with van der Waals surface area (Å²) in [6.07, 6.45) is 0. The zero-order valence-corrected chi connectivity index (χ0v) is 40.8. The molecule has 0 spiro atoms. The minimum atomic E-state index is -0.352. The van der Waals surface area contributed by atoms with Crippen molar-refractivity contribution in [3.05, 3.63) is 215 Å². The van der Waals surface area contributed by atoms with Gasteiger partial charge in [0, 0.05) is 60.5 Å². The van der Waals surface area contributed by atoms with Crippen LogP contribution in [0.4, 0.5) is 11.4 Å². The Labute approximate surface area is 417 Å². The summed E-state index contributed by atoms with van der Waals surface area (Å²) in [5.41, 5.74) is 12.0. The van der Waals surface area contributed by atoms with Crippen LogP contribution in [0.25, 0.3) is 121 Å². The maximum absolute atomic E-state index is 13.6. The van der Waals surface area contributed by atoms with Gasteiger partial charge in [-0.05, 0) is 152 Å². The first-order chi connectivity index (χ1) is 35.3. The minimum Gasteiger partial charge on any atom is -0.422 e. The first-order valence-corrected chi connectivity index (χ1v) is 25.1. The molecule has 12 rings (SSSR count). The van der Waals surface area contributed by atoms with Gasteiger partial charge in [0.2, 0.25) is 0 Å². The molecule has 0 radical (unpaired) electrons. The van der Waals surface area contributed by atoms with Gasteiger partial charge in [-0.1, -0.05) is 146 Å². The van der Waals surface area contributed by atoms with Crippen LogP contribution >= 0.6 is 0 Å². The van der Waals surface area contributed by atoms with Crippen molar-refractivity contribution in [1.82, 2.24) is 0 Å². The van der Waals surface area contributed by atoms with Gasteiger partial charge in [-0.2, -0.15) is 0 Å². The van der Waals surface area contributed by atoms with Gasteiger partial charge in [0.25, 0.3) is 0 Å². The topological polar surface area (TPSA) is 66.9 Å². The van der Waals surface area contributed by atoms with E-state index < -0.39 is 0 Å². The Hall–Kier alpha value is -8.74. The second-order valence-electron chi connectivity index (χ2n) is 18.5. The Morgan fingerprint density at radius 3 is 0.889 bits per heavy atom. The Morgan fingerprint density at radius 2 is 0.597 bits per heavy atom. The highest BCUT2D eigenvalue weighted by atomic mass is 16.4. The van der Waals surface area contributed by atoms with Crippen molar-refractivity contribution in [3.8, 4) is 55.6 Å². The molecule has 6 nitrogen and oxygen atoms in total. The Kier molecular flexibility index (Phi) is 11.2. The van der Waals surface area contributed by atoms with E-state index in [1.54, 1.807) is 0 Å². The monoisotopic (exact) mass is 936 g/mol. The van der Waals surface area contributed by atoms with Crippen LogP contribution in [-0.2, 0) is 0 Å². The van der Waals surface area contributed by atoms with Gasteiger partial charge < -0.3 is 18.6 Å². The van der Waals surface area contributed by atoms with Crippen LogP contribution in [0.2, 0.25) is 0 Å². The van der Waals surface area contributed by atoms with Gasteiger partial charge in [0.15, 0.2) is 0 Å². The molecule has 72 heavy (non-hydrogen) atoms. The minimum absolute atomic E-state index is 0.352. The molecule has 12 aromatic rings. The van der Waals surface area contributed by atoms with Gasteiger partial charge in [-0.25, -0.2) is 9.59 Å². The third-order valence-corrected chi connectivity index (χ3v) is 14.8. The van der Waals surface area contributed by atoms with Crippen molar-refractivity contribution in [2.75, 3.05) is 36.0 Å². The predicted molar refractivity (Wildman–Crippen MR) is 303 cm³/mol. The molecule has 10 aromatic carbocycles. The van der Waals surface area contributed by atoms with E-state index in [9.17, 15) is 9.59 Å². The highest BCUT2D eigenvalue weighted by molar-refractivity contribution is 6.30. The highest BCUT2D eigenvalue weighted by Crippen LogP contribution is 2.50. The molecular formula is C66H52N2O4. The summed E-state index contributed by atoms with van der Waals surface area (Å²) in [5, 5.41) is 11.0. The van der Waals surface area contributed by atoms with Gasteiger partial charge in [-0.15, -0.1) is 0 Å². The summed E-state index contributed by atoms with van der Waals surface area (Å²) in [6.45, 7) is 12.0. The van der Waals surface area contributed by atoms with Crippen molar-refractivity contribution in [2.45, 2.75) is 27.7 Å². The van der Waals surface area contributed by atoms with E-state index >= 15 is 0 Å². The van der Waals surface area contributed by atoms with E-state index in [1.807, 2.05) is 60.7 Å². The highest BCUT2D eigenvalue weighted by Gasteiger charge is 2.23. The normalized spacial score (nSPS) is 11.7. The average molecular weight is 937 g/mol. The Bertz CT molecular complexity index is 3810. The van der Waals surface area contributed by atoms with Crippen molar-refractivity contribution >= 4 is 76.4 Å². The van der Waals surface area contributed by atoms with E-state index in [2.05, 4.69) is 171 Å². The smallest absolute Gasteiger partial charge is 0.344 e. The van der Waals surface area contributed by atoms with Crippen LogP contribution in [0, 0.1) is 0 Å². The lowest BCUT2D eigenvalue weighted by molar-refractivity contribution is 0.563. The zero-order valence-electron chi connectivity index (χ0n) is 40.8. The van der Waals surface area contributed by atoms with Crippen molar-refractivity contribution in [3.63, 3.8) is 0 Å². The number of benzene rings is 10. The molecule has 0 amide bonds. The molecule has 350 valence electrons. The van der Waals surface area contributed by atoms with Crippen LogP contribution < -0.4 is 21.1 Å². The summed E-state index contributed by atoms with van der Waals surface area (Å²) in [4.78, 5) is 31.6. The lowest BCUT2D eigenvalue weighted by Crippen LogP contribution is -2.21. The Balaban J connectivity index is 0.978. The van der Waals surface area contributed by atoms with E-state index in [1.165, 1.54) is 11.1 Å². The number of nitrogens with zero attached hydrogens (tertiary/aromatic N) is 2. The molecule has 6 heteroatoms. The number of anilines is 2. The standard InChI is InChI=1S/C66H52N2O4/c1-5-67(6-2)47-35-33-45-37-57(65(69)71-59(45)39-47)41-25-29-43(30-26-41)61-49-17-9-13-21-53(49)63(54-22-14-10-18-50(54)61)64-55-23-15-11-19-51(55)62(52-20-12-16-24-56(52)64)44-31-27-42(28-32-44)58-38-46-34-36-48(68(7-3)8-4)40-60(46)72-66(58)70/h9-40H,5-8H2,1-4H3. The molecule has 0 N–H and O–H groups in total. The summed E-state index contributed by atoms with van der Waals surface area (Å²) >= 11 is 0. The van der Waals surface area contributed by atoms with Gasteiger partial charge in [0.05, 0.1) is 11.1 Å². The number of hydrogen-bond acceptors (Lipinski definition) is 6. The molecule has 0 aliphatic rings. The number of hydrogen-bond donors (Lipinski definition) is 0. The third-order valence-electron chi connectivity index (χ3n) is 14.8. The predicted octanol–water partition coefficient (Wildman–Crippen LogP) is 16.5. The van der Waals surface area contributed by atoms with Crippen molar-refractivity contribution in [2.24, 2.45) is 0 Å². The lowest BCUT2D eigenvalue weighted by Gasteiger charge is -2.22. The third kappa shape index (κ3) is 7.41. The molecule has 0 aliphatic heterocycles. The van der Waals surface area contributed by atoms with Crippen LogP contribution in [0.1, 0.15) is 27.7 Å². The fourth-order valence-electron chi connectivity index (χ4n) is 11.2. The van der Waals surface area contributed by atoms with Crippen LogP contribution in [0.5, 0.6) is 0 Å². The Morgan fingerprint density at radius 1 is 0.319 bits per heavy atom. The number of rotatable bonds is 11. The molecule has 0 bridgehead atoms. The van der Waals surface area contributed by atoms with Gasteiger partial charge in [-0.3, -0.25) is 0 Å². The summed E-state index contributed by atoms with van der Waals surface area (Å²) < 4.78 is 11.9. The lowest BCUT2D eigenvalue weighted by atomic mass is 9.81. The summed E-state index contributed by atoms with van der Waals surface area (Å²) in [6, 6.07) is 67.8. The first-order valence-electron chi connectivity index (χ1n) is 25.1. The van der Waals surface area contributed by atoms with Crippen LogP contribution in [0.3, 0.4) is 0 Å². The first kappa shape index (κ1) is 44.5. The van der Waals surface area contributed by atoms with E-state index in [4.69, 9.17) is 8.83 Å². The van der Waals surface area contributed by atoms with Gasteiger partial charge >= 0.3 is 11.3 Å². The zero-order chi connectivity index (χ0) is 49.0. The van der Waals surface area contributed by atoms with Crippen molar-refractivity contribution in [1.29, 1.82) is 0 Å². The quantitative estimate of drug-likeness (QED) is 0.0951. The molecular weight excluding hydrogens is 885 g/mol. The SMILES string of the molecule is CCN(CC)c1ccc2cc(-c3ccc(-c4c5ccccc5c(-c5c6ccccc6c(-c6ccc(-c7cc8ccc(N(CC)CC)cc8oc7=O)cc6)c6ccccc56)c5ccccc45)cc3)c(=O)oc2c1. The molecule has 0 unspecified atom stereocenters.